The van der Waals surface area contributed by atoms with Crippen LogP contribution in [0.4, 0.5) is 34.6 Å². The Morgan fingerprint density at radius 2 is 1.47 bits per heavy atom. The molecule has 0 atom stereocenters. The Bertz CT molecular complexity index is 623. The molecular formula is C12H7ClF4N2. The largest absolute Gasteiger partial charge is 0.395 e. The van der Waals surface area contributed by atoms with E-state index in [1.807, 2.05) is 0 Å². The maximum absolute atomic E-state index is 13.5. The monoisotopic (exact) mass is 290 g/mol. The summed E-state index contributed by atoms with van der Waals surface area (Å²) in [4.78, 5) is 0. The van der Waals surface area contributed by atoms with Gasteiger partial charge in [-0.05, 0) is 12.1 Å². The van der Waals surface area contributed by atoms with Gasteiger partial charge in [0, 0.05) is 12.1 Å². The van der Waals surface area contributed by atoms with Gasteiger partial charge >= 0.3 is 0 Å². The molecule has 0 fully saturated rings. The third kappa shape index (κ3) is 2.73. The minimum Gasteiger partial charge on any atom is -0.395 e. The first-order valence-electron chi connectivity index (χ1n) is 5.04. The number of hydrogen-bond acceptors (Lipinski definition) is 2. The maximum Gasteiger partial charge on any atom is 0.151 e. The highest BCUT2D eigenvalue weighted by molar-refractivity contribution is 6.33. The van der Waals surface area contributed by atoms with Gasteiger partial charge in [-0.25, -0.2) is 17.6 Å². The van der Waals surface area contributed by atoms with Gasteiger partial charge in [0.1, 0.15) is 11.6 Å². The van der Waals surface area contributed by atoms with Crippen molar-refractivity contribution in [1.29, 1.82) is 0 Å². The van der Waals surface area contributed by atoms with Crippen LogP contribution in [0, 0.1) is 23.3 Å². The van der Waals surface area contributed by atoms with Crippen LogP contribution < -0.4 is 11.1 Å². The van der Waals surface area contributed by atoms with E-state index in [2.05, 4.69) is 5.32 Å². The Morgan fingerprint density at radius 1 is 0.895 bits per heavy atom. The second-order valence-electron chi connectivity index (χ2n) is 3.72. The number of halogens is 5. The Morgan fingerprint density at radius 3 is 2.11 bits per heavy atom. The van der Waals surface area contributed by atoms with Gasteiger partial charge in [0.2, 0.25) is 0 Å². The van der Waals surface area contributed by atoms with Gasteiger partial charge in [0.15, 0.2) is 11.6 Å². The molecule has 2 aromatic rings. The molecule has 0 saturated carbocycles. The first kappa shape index (κ1) is 13.5. The summed E-state index contributed by atoms with van der Waals surface area (Å²) >= 11 is 5.65. The van der Waals surface area contributed by atoms with E-state index < -0.39 is 29.0 Å². The van der Waals surface area contributed by atoms with E-state index in [0.717, 1.165) is 12.1 Å². The van der Waals surface area contributed by atoms with Crippen molar-refractivity contribution >= 4 is 28.7 Å². The molecule has 0 aliphatic carbocycles. The second kappa shape index (κ2) is 4.97. The van der Waals surface area contributed by atoms with Crippen molar-refractivity contribution in [2.24, 2.45) is 0 Å². The van der Waals surface area contributed by atoms with Crippen LogP contribution in [-0.2, 0) is 0 Å². The summed E-state index contributed by atoms with van der Waals surface area (Å²) < 4.78 is 52.6. The Labute approximate surface area is 110 Å². The summed E-state index contributed by atoms with van der Waals surface area (Å²) in [5.74, 6) is -3.77. The van der Waals surface area contributed by atoms with Crippen LogP contribution in [0.1, 0.15) is 0 Å². The van der Waals surface area contributed by atoms with Crippen LogP contribution in [0.15, 0.2) is 24.3 Å². The fourth-order valence-corrected chi connectivity index (χ4v) is 1.73. The Balaban J connectivity index is 2.48. The molecule has 19 heavy (non-hydrogen) atoms. The molecule has 0 aliphatic heterocycles. The van der Waals surface area contributed by atoms with Gasteiger partial charge in [-0.1, -0.05) is 11.6 Å². The molecule has 0 bridgehead atoms. The SMILES string of the molecule is Nc1c(F)cc(F)cc1Nc1c(F)cc(F)cc1Cl. The van der Waals surface area contributed by atoms with Crippen LogP contribution in [0.25, 0.3) is 0 Å². The zero-order valence-electron chi connectivity index (χ0n) is 9.28. The number of nitrogens with one attached hydrogen (secondary N) is 1. The fourth-order valence-electron chi connectivity index (χ4n) is 1.48. The highest BCUT2D eigenvalue weighted by atomic mass is 35.5. The Hall–Kier alpha value is -1.95. The molecule has 2 nitrogen and oxygen atoms in total. The van der Waals surface area contributed by atoms with Gasteiger partial charge in [-0.2, -0.15) is 0 Å². The molecular weight excluding hydrogens is 284 g/mol. The van der Waals surface area contributed by atoms with E-state index in [4.69, 9.17) is 17.3 Å². The van der Waals surface area contributed by atoms with Crippen molar-refractivity contribution in [2.45, 2.75) is 0 Å². The summed E-state index contributed by atoms with van der Waals surface area (Å²) in [5, 5.41) is 2.06. The standard InChI is InChI=1S/C12H7ClF4N2/c13-7-1-5(14)3-9(17)12(7)19-10-4-6(15)2-8(16)11(10)18/h1-4,19H,18H2. The van der Waals surface area contributed by atoms with Crippen LogP contribution >= 0.6 is 11.6 Å². The lowest BCUT2D eigenvalue weighted by Crippen LogP contribution is -2.02. The third-order valence-corrected chi connectivity index (χ3v) is 2.66. The topological polar surface area (TPSA) is 38.0 Å². The lowest BCUT2D eigenvalue weighted by atomic mass is 10.2. The molecule has 0 saturated heterocycles. The van der Waals surface area contributed by atoms with Gasteiger partial charge < -0.3 is 11.1 Å². The zero-order chi connectivity index (χ0) is 14.2. The van der Waals surface area contributed by atoms with Crippen LogP contribution in [-0.4, -0.2) is 0 Å². The van der Waals surface area contributed by atoms with Crippen molar-refractivity contribution in [3.8, 4) is 0 Å². The molecule has 3 N–H and O–H groups in total. The predicted molar refractivity (Wildman–Crippen MR) is 65.4 cm³/mol. The number of anilines is 3. The quantitative estimate of drug-likeness (QED) is 0.642. The summed E-state index contributed by atoms with van der Waals surface area (Å²) in [5.41, 5.74) is 4.46. The highest BCUT2D eigenvalue weighted by Gasteiger charge is 2.14. The van der Waals surface area contributed by atoms with E-state index in [9.17, 15) is 17.6 Å². The fraction of sp³-hybridized carbons (Fsp3) is 0. The maximum atomic E-state index is 13.5. The third-order valence-electron chi connectivity index (χ3n) is 2.36. The lowest BCUT2D eigenvalue weighted by molar-refractivity contribution is 0.583. The first-order chi connectivity index (χ1) is 8.88. The summed E-state index contributed by atoms with van der Waals surface area (Å²) in [6.07, 6.45) is 0. The number of benzene rings is 2. The smallest absolute Gasteiger partial charge is 0.151 e. The van der Waals surface area contributed by atoms with Gasteiger partial charge in [0.25, 0.3) is 0 Å². The van der Waals surface area contributed by atoms with Gasteiger partial charge in [0.05, 0.1) is 22.1 Å². The normalized spacial score (nSPS) is 10.6. The minimum absolute atomic E-state index is 0.204. The van der Waals surface area contributed by atoms with Crippen molar-refractivity contribution < 1.29 is 17.6 Å². The van der Waals surface area contributed by atoms with Crippen LogP contribution in [0.5, 0.6) is 0 Å². The van der Waals surface area contributed by atoms with Crippen molar-refractivity contribution in [3.63, 3.8) is 0 Å². The molecule has 0 aliphatic rings. The molecule has 0 heterocycles. The summed E-state index contributed by atoms with van der Waals surface area (Å²) in [6, 6.07) is 2.90. The first-order valence-corrected chi connectivity index (χ1v) is 5.42. The molecule has 100 valence electrons. The molecule has 0 radical (unpaired) electrons. The molecule has 0 aromatic heterocycles. The second-order valence-corrected chi connectivity index (χ2v) is 4.13. The molecule has 0 spiro atoms. The number of nitrogen functional groups attached to an aromatic ring is 1. The van der Waals surface area contributed by atoms with E-state index >= 15 is 0 Å². The van der Waals surface area contributed by atoms with Gasteiger partial charge in [-0.15, -0.1) is 0 Å². The Kier molecular flexibility index (Phi) is 3.53. The van der Waals surface area contributed by atoms with Crippen LogP contribution in [0.2, 0.25) is 5.02 Å². The number of hydrogen-bond donors (Lipinski definition) is 2. The van der Waals surface area contributed by atoms with Crippen molar-refractivity contribution in [2.75, 3.05) is 11.1 Å². The lowest BCUT2D eigenvalue weighted by Gasteiger charge is -2.12. The summed E-state index contributed by atoms with van der Waals surface area (Å²) in [7, 11) is 0. The zero-order valence-corrected chi connectivity index (χ0v) is 10.0. The number of nitrogens with two attached hydrogens (primary N) is 1. The minimum atomic E-state index is -1.01. The van der Waals surface area contributed by atoms with Crippen molar-refractivity contribution in [3.05, 3.63) is 52.6 Å². The summed E-state index contributed by atoms with van der Waals surface area (Å²) in [6.45, 7) is 0. The average Bonchev–Trinajstić information content (AvgIpc) is 2.29. The number of rotatable bonds is 2. The predicted octanol–water partition coefficient (Wildman–Crippen LogP) is 4.22. The van der Waals surface area contributed by atoms with E-state index in [0.29, 0.717) is 12.1 Å². The van der Waals surface area contributed by atoms with Crippen LogP contribution in [0.3, 0.4) is 0 Å². The van der Waals surface area contributed by atoms with E-state index in [1.165, 1.54) is 0 Å². The average molecular weight is 291 g/mol. The van der Waals surface area contributed by atoms with E-state index in [-0.39, 0.29) is 16.4 Å². The van der Waals surface area contributed by atoms with Crippen molar-refractivity contribution in [1.82, 2.24) is 0 Å². The molecule has 0 unspecified atom stereocenters. The molecule has 2 rings (SSSR count). The molecule has 7 heteroatoms. The van der Waals surface area contributed by atoms with E-state index in [1.54, 1.807) is 0 Å². The van der Waals surface area contributed by atoms with Gasteiger partial charge in [-0.3, -0.25) is 0 Å². The molecule has 2 aromatic carbocycles. The molecule has 0 amide bonds. The highest BCUT2D eigenvalue weighted by Crippen LogP contribution is 2.32.